The maximum absolute atomic E-state index is 11.5. The number of carbonyl (C=O) groups excluding carboxylic acids is 1. The molecule has 0 spiro atoms. The van der Waals surface area contributed by atoms with Crippen LogP contribution in [-0.2, 0) is 11.3 Å². The van der Waals surface area contributed by atoms with Crippen LogP contribution in [0.2, 0.25) is 0 Å². The van der Waals surface area contributed by atoms with Crippen LogP contribution in [0.4, 0.5) is 0 Å². The molecule has 0 atom stereocenters. The molecule has 1 heterocycles. The lowest BCUT2D eigenvalue weighted by Crippen LogP contribution is -2.05. The molecule has 1 aromatic heterocycles. The molecular weight excluding hydrogens is 260 g/mol. The predicted octanol–water partition coefficient (Wildman–Crippen LogP) is 2.48. The van der Waals surface area contributed by atoms with Gasteiger partial charge in [-0.2, -0.15) is 5.10 Å². The minimum absolute atomic E-state index is 0.334. The molecular formula is C10H15BrN2O2. The zero-order valence-electron chi connectivity index (χ0n) is 9.16. The maximum atomic E-state index is 11.5. The molecule has 0 saturated carbocycles. The predicted molar refractivity (Wildman–Crippen MR) is 60.7 cm³/mol. The molecule has 0 radical (unpaired) electrons. The van der Waals surface area contributed by atoms with Crippen LogP contribution in [0, 0.1) is 5.92 Å². The van der Waals surface area contributed by atoms with Gasteiger partial charge in [0.05, 0.1) is 6.61 Å². The molecule has 1 rings (SSSR count). The first-order valence-corrected chi connectivity index (χ1v) is 5.74. The Hall–Kier alpha value is -0.840. The van der Waals surface area contributed by atoms with Gasteiger partial charge < -0.3 is 4.74 Å². The number of rotatable bonds is 4. The highest BCUT2D eigenvalue weighted by Crippen LogP contribution is 2.16. The lowest BCUT2D eigenvalue weighted by molar-refractivity contribution is 0.0525. The normalized spacial score (nSPS) is 10.7. The number of hydrogen-bond acceptors (Lipinski definition) is 3. The van der Waals surface area contributed by atoms with Gasteiger partial charge in [0.15, 0.2) is 0 Å². The average molecular weight is 275 g/mol. The first-order valence-electron chi connectivity index (χ1n) is 4.94. The van der Waals surface area contributed by atoms with Crippen molar-refractivity contribution in [2.75, 3.05) is 6.61 Å². The molecule has 0 bridgehead atoms. The van der Waals surface area contributed by atoms with E-state index in [4.69, 9.17) is 4.74 Å². The summed E-state index contributed by atoms with van der Waals surface area (Å²) in [4.78, 5) is 11.5. The van der Waals surface area contributed by atoms with E-state index in [-0.39, 0.29) is 5.97 Å². The average Bonchev–Trinajstić information content (AvgIpc) is 2.46. The Balaban J connectivity index is 2.81. The highest BCUT2D eigenvalue weighted by Gasteiger charge is 2.15. The van der Waals surface area contributed by atoms with E-state index in [9.17, 15) is 4.79 Å². The number of halogens is 1. The molecule has 0 N–H and O–H groups in total. The van der Waals surface area contributed by atoms with Crippen LogP contribution in [-0.4, -0.2) is 22.4 Å². The fraction of sp³-hybridized carbons (Fsp3) is 0.600. The van der Waals surface area contributed by atoms with E-state index in [1.165, 1.54) is 0 Å². The number of nitrogens with zero attached hydrogens (tertiary/aromatic N) is 2. The van der Waals surface area contributed by atoms with Crippen molar-refractivity contribution in [3.8, 4) is 0 Å². The fourth-order valence-corrected chi connectivity index (χ4v) is 1.68. The molecule has 0 aromatic carbocycles. The molecule has 0 aliphatic heterocycles. The first kappa shape index (κ1) is 12.2. The molecule has 0 saturated heterocycles. The van der Waals surface area contributed by atoms with Crippen molar-refractivity contribution >= 4 is 21.9 Å². The van der Waals surface area contributed by atoms with Gasteiger partial charge in [-0.15, -0.1) is 0 Å². The zero-order valence-corrected chi connectivity index (χ0v) is 10.7. The highest BCUT2D eigenvalue weighted by atomic mass is 79.9. The lowest BCUT2D eigenvalue weighted by atomic mass is 10.2. The molecule has 0 amide bonds. The number of carbonyl (C=O) groups is 1. The van der Waals surface area contributed by atoms with Gasteiger partial charge in [-0.05, 0) is 28.8 Å². The largest absolute Gasteiger partial charge is 0.462 e. The van der Waals surface area contributed by atoms with Crippen molar-refractivity contribution in [1.29, 1.82) is 0 Å². The molecule has 84 valence electrons. The van der Waals surface area contributed by atoms with Crippen molar-refractivity contribution in [2.45, 2.75) is 27.3 Å². The summed E-state index contributed by atoms with van der Waals surface area (Å²) < 4.78 is 7.20. The summed E-state index contributed by atoms with van der Waals surface area (Å²) in [5, 5.41) is 4.19. The Bertz CT molecular complexity index is 347. The van der Waals surface area contributed by atoms with Gasteiger partial charge in [-0.1, -0.05) is 13.8 Å². The first-order chi connectivity index (χ1) is 7.04. The molecule has 1 aromatic rings. The Morgan fingerprint density at radius 3 is 2.87 bits per heavy atom. The van der Waals surface area contributed by atoms with Crippen LogP contribution in [0.1, 0.15) is 31.1 Å². The summed E-state index contributed by atoms with van der Waals surface area (Å²) in [6, 6.07) is 0. The van der Waals surface area contributed by atoms with Crippen molar-refractivity contribution in [2.24, 2.45) is 5.92 Å². The smallest absolute Gasteiger partial charge is 0.342 e. The standard InChI is InChI=1S/C10H15BrN2O2/c1-4-15-10(14)8-6-13(5-7(2)3)12-9(8)11/h6-7H,4-5H2,1-3H3. The fourth-order valence-electron chi connectivity index (χ4n) is 1.21. The van der Waals surface area contributed by atoms with Crippen LogP contribution >= 0.6 is 15.9 Å². The van der Waals surface area contributed by atoms with E-state index < -0.39 is 0 Å². The van der Waals surface area contributed by atoms with E-state index in [1.807, 2.05) is 0 Å². The summed E-state index contributed by atoms with van der Waals surface area (Å²) in [6.45, 7) is 7.14. The van der Waals surface area contributed by atoms with E-state index in [1.54, 1.807) is 17.8 Å². The third kappa shape index (κ3) is 3.34. The summed E-state index contributed by atoms with van der Waals surface area (Å²) >= 11 is 3.24. The Labute approximate surface area is 97.7 Å². The van der Waals surface area contributed by atoms with Crippen molar-refractivity contribution in [1.82, 2.24) is 9.78 Å². The van der Waals surface area contributed by atoms with Crippen molar-refractivity contribution in [3.05, 3.63) is 16.4 Å². The molecule has 15 heavy (non-hydrogen) atoms. The molecule has 4 nitrogen and oxygen atoms in total. The summed E-state index contributed by atoms with van der Waals surface area (Å²) in [6.07, 6.45) is 1.71. The summed E-state index contributed by atoms with van der Waals surface area (Å²) in [5.74, 6) is 0.159. The van der Waals surface area contributed by atoms with Crippen molar-refractivity contribution < 1.29 is 9.53 Å². The zero-order chi connectivity index (χ0) is 11.4. The second-order valence-electron chi connectivity index (χ2n) is 3.67. The second kappa shape index (κ2) is 5.30. The number of esters is 1. The third-order valence-electron chi connectivity index (χ3n) is 1.76. The number of hydrogen-bond donors (Lipinski definition) is 0. The van der Waals surface area contributed by atoms with Crippen LogP contribution < -0.4 is 0 Å². The summed E-state index contributed by atoms with van der Waals surface area (Å²) in [7, 11) is 0. The monoisotopic (exact) mass is 274 g/mol. The van der Waals surface area contributed by atoms with E-state index in [0.29, 0.717) is 22.7 Å². The van der Waals surface area contributed by atoms with Gasteiger partial charge in [0, 0.05) is 12.7 Å². The van der Waals surface area contributed by atoms with Crippen molar-refractivity contribution in [3.63, 3.8) is 0 Å². The van der Waals surface area contributed by atoms with Crippen LogP contribution in [0.15, 0.2) is 10.8 Å². The van der Waals surface area contributed by atoms with Gasteiger partial charge in [0.2, 0.25) is 0 Å². The Morgan fingerprint density at radius 2 is 2.33 bits per heavy atom. The van der Waals surface area contributed by atoms with Crippen LogP contribution in [0.3, 0.4) is 0 Å². The third-order valence-corrected chi connectivity index (χ3v) is 2.35. The summed E-state index contributed by atoms with van der Waals surface area (Å²) in [5.41, 5.74) is 0.484. The van der Waals surface area contributed by atoms with Crippen LogP contribution in [0.25, 0.3) is 0 Å². The molecule has 0 aliphatic rings. The number of aromatic nitrogens is 2. The molecule has 0 fully saturated rings. The minimum Gasteiger partial charge on any atom is -0.462 e. The molecule has 0 unspecified atom stereocenters. The SMILES string of the molecule is CCOC(=O)c1cn(CC(C)C)nc1Br. The maximum Gasteiger partial charge on any atom is 0.342 e. The lowest BCUT2D eigenvalue weighted by Gasteiger charge is -2.03. The van der Waals surface area contributed by atoms with E-state index >= 15 is 0 Å². The van der Waals surface area contributed by atoms with Gasteiger partial charge in [0.25, 0.3) is 0 Å². The number of ether oxygens (including phenoxy) is 1. The quantitative estimate of drug-likeness (QED) is 0.793. The van der Waals surface area contributed by atoms with Gasteiger partial charge in [-0.25, -0.2) is 4.79 Å². The molecule has 5 heteroatoms. The topological polar surface area (TPSA) is 44.1 Å². The minimum atomic E-state index is -0.334. The Morgan fingerprint density at radius 1 is 1.67 bits per heavy atom. The molecule has 0 aliphatic carbocycles. The highest BCUT2D eigenvalue weighted by molar-refractivity contribution is 9.10. The van der Waals surface area contributed by atoms with E-state index in [2.05, 4.69) is 34.9 Å². The van der Waals surface area contributed by atoms with Gasteiger partial charge in [0.1, 0.15) is 10.2 Å². The van der Waals surface area contributed by atoms with Crippen LogP contribution in [0.5, 0.6) is 0 Å². The second-order valence-corrected chi connectivity index (χ2v) is 4.42. The van der Waals surface area contributed by atoms with E-state index in [0.717, 1.165) is 6.54 Å². The van der Waals surface area contributed by atoms with Gasteiger partial charge >= 0.3 is 5.97 Å². The van der Waals surface area contributed by atoms with Gasteiger partial charge in [-0.3, -0.25) is 4.68 Å². The Kier molecular flexibility index (Phi) is 4.32.